The lowest BCUT2D eigenvalue weighted by Crippen LogP contribution is -2.04. The monoisotopic (exact) mass is 281 g/mol. The molecule has 6 heteroatoms. The number of hydrogen-bond acceptors (Lipinski definition) is 2. The SMILES string of the molecule is FC(F)(F)c1ccc(Br)c2ncsc12. The van der Waals surface area contributed by atoms with Gasteiger partial charge >= 0.3 is 6.18 Å². The normalized spacial score (nSPS) is 12.3. The number of thiazole rings is 1. The second kappa shape index (κ2) is 3.20. The van der Waals surface area contributed by atoms with E-state index in [0.717, 1.165) is 17.4 Å². The van der Waals surface area contributed by atoms with Crippen LogP contribution in [0.4, 0.5) is 13.2 Å². The first-order valence-electron chi connectivity index (χ1n) is 3.59. The van der Waals surface area contributed by atoms with E-state index in [-0.39, 0.29) is 4.70 Å². The highest BCUT2D eigenvalue weighted by Crippen LogP contribution is 2.38. The van der Waals surface area contributed by atoms with Gasteiger partial charge in [-0.15, -0.1) is 11.3 Å². The van der Waals surface area contributed by atoms with Gasteiger partial charge in [0.25, 0.3) is 0 Å². The first-order valence-corrected chi connectivity index (χ1v) is 5.26. The van der Waals surface area contributed by atoms with Gasteiger partial charge in [-0.2, -0.15) is 13.2 Å². The Hall–Kier alpha value is -0.620. The molecule has 0 amide bonds. The zero-order valence-electron chi connectivity index (χ0n) is 6.60. The largest absolute Gasteiger partial charge is 0.417 e. The van der Waals surface area contributed by atoms with Crippen molar-refractivity contribution in [2.45, 2.75) is 6.18 Å². The Balaban J connectivity index is 2.80. The van der Waals surface area contributed by atoms with E-state index in [0.29, 0.717) is 9.99 Å². The Labute approximate surface area is 89.7 Å². The van der Waals surface area contributed by atoms with Crippen LogP contribution < -0.4 is 0 Å². The molecule has 14 heavy (non-hydrogen) atoms. The molecule has 0 aliphatic carbocycles. The number of halogens is 4. The maximum atomic E-state index is 12.5. The number of alkyl halides is 3. The van der Waals surface area contributed by atoms with Crippen molar-refractivity contribution in [3.05, 3.63) is 27.7 Å². The van der Waals surface area contributed by atoms with Gasteiger partial charge < -0.3 is 0 Å². The van der Waals surface area contributed by atoms with E-state index < -0.39 is 11.7 Å². The van der Waals surface area contributed by atoms with Crippen molar-refractivity contribution >= 4 is 37.5 Å². The van der Waals surface area contributed by atoms with Gasteiger partial charge in [-0.1, -0.05) is 0 Å². The van der Waals surface area contributed by atoms with E-state index in [2.05, 4.69) is 20.9 Å². The summed E-state index contributed by atoms with van der Waals surface area (Å²) < 4.78 is 38.2. The molecule has 0 spiro atoms. The van der Waals surface area contributed by atoms with Crippen LogP contribution in [0.1, 0.15) is 5.56 Å². The number of benzene rings is 1. The minimum Gasteiger partial charge on any atom is -0.243 e. The topological polar surface area (TPSA) is 12.9 Å². The van der Waals surface area contributed by atoms with Crippen molar-refractivity contribution < 1.29 is 13.2 Å². The minimum absolute atomic E-state index is 0.173. The van der Waals surface area contributed by atoms with Crippen LogP contribution in [0, 0.1) is 0 Å². The van der Waals surface area contributed by atoms with E-state index in [1.807, 2.05) is 0 Å². The molecule has 0 atom stereocenters. The van der Waals surface area contributed by atoms with Crippen LogP contribution in [0.25, 0.3) is 10.2 Å². The second-order valence-corrected chi connectivity index (χ2v) is 4.33. The fraction of sp³-hybridized carbons (Fsp3) is 0.125. The summed E-state index contributed by atoms with van der Waals surface area (Å²) in [5, 5.41) is 0. The zero-order chi connectivity index (χ0) is 10.3. The smallest absolute Gasteiger partial charge is 0.243 e. The number of nitrogens with zero attached hydrogens (tertiary/aromatic N) is 1. The predicted molar refractivity (Wildman–Crippen MR) is 52.3 cm³/mol. The fourth-order valence-corrected chi connectivity index (χ4v) is 2.55. The van der Waals surface area contributed by atoms with Crippen molar-refractivity contribution in [3.63, 3.8) is 0 Å². The van der Waals surface area contributed by atoms with Crippen molar-refractivity contribution in [2.24, 2.45) is 0 Å². The quantitative estimate of drug-likeness (QED) is 0.709. The van der Waals surface area contributed by atoms with Crippen LogP contribution >= 0.6 is 27.3 Å². The molecular formula is C8H3BrF3NS. The van der Waals surface area contributed by atoms with Gasteiger partial charge in [0.1, 0.15) is 0 Å². The maximum absolute atomic E-state index is 12.5. The van der Waals surface area contributed by atoms with Gasteiger partial charge in [0.2, 0.25) is 0 Å². The molecule has 1 aromatic heterocycles. The van der Waals surface area contributed by atoms with Crippen LogP contribution in [0.2, 0.25) is 0 Å². The van der Waals surface area contributed by atoms with Crippen molar-refractivity contribution in [1.82, 2.24) is 4.98 Å². The Morgan fingerprint density at radius 2 is 2.00 bits per heavy atom. The summed E-state index contributed by atoms with van der Waals surface area (Å²) in [6.45, 7) is 0. The molecule has 0 fully saturated rings. The van der Waals surface area contributed by atoms with Crippen LogP contribution in [0.15, 0.2) is 22.1 Å². The molecule has 0 aliphatic rings. The second-order valence-electron chi connectivity index (χ2n) is 2.62. The molecule has 2 rings (SSSR count). The van der Waals surface area contributed by atoms with Crippen molar-refractivity contribution in [3.8, 4) is 0 Å². The van der Waals surface area contributed by atoms with Gasteiger partial charge in [0, 0.05) is 4.47 Å². The molecule has 1 heterocycles. The Morgan fingerprint density at radius 1 is 1.29 bits per heavy atom. The number of fused-ring (bicyclic) bond motifs is 1. The third kappa shape index (κ3) is 1.52. The number of rotatable bonds is 0. The van der Waals surface area contributed by atoms with E-state index in [1.165, 1.54) is 11.6 Å². The molecule has 1 nitrogen and oxygen atoms in total. The molecular weight excluding hydrogens is 279 g/mol. The van der Waals surface area contributed by atoms with Gasteiger partial charge in [0.05, 0.1) is 21.3 Å². The molecule has 2 aromatic rings. The Morgan fingerprint density at radius 3 is 2.64 bits per heavy atom. The fourth-order valence-electron chi connectivity index (χ4n) is 1.14. The first-order chi connectivity index (χ1) is 6.50. The summed E-state index contributed by atoms with van der Waals surface area (Å²) in [5.74, 6) is 0. The van der Waals surface area contributed by atoms with E-state index in [1.54, 1.807) is 0 Å². The van der Waals surface area contributed by atoms with Gasteiger partial charge in [-0.25, -0.2) is 4.98 Å². The van der Waals surface area contributed by atoms with E-state index in [9.17, 15) is 13.2 Å². The summed E-state index contributed by atoms with van der Waals surface area (Å²) in [6.07, 6.45) is -4.31. The minimum atomic E-state index is -4.31. The maximum Gasteiger partial charge on any atom is 0.417 e. The van der Waals surface area contributed by atoms with Crippen LogP contribution in [-0.4, -0.2) is 4.98 Å². The number of aromatic nitrogens is 1. The zero-order valence-corrected chi connectivity index (χ0v) is 9.00. The predicted octanol–water partition coefficient (Wildman–Crippen LogP) is 4.08. The van der Waals surface area contributed by atoms with Crippen molar-refractivity contribution in [2.75, 3.05) is 0 Å². The van der Waals surface area contributed by atoms with E-state index >= 15 is 0 Å². The highest BCUT2D eigenvalue weighted by atomic mass is 79.9. The van der Waals surface area contributed by atoms with Gasteiger partial charge in [0.15, 0.2) is 0 Å². The van der Waals surface area contributed by atoms with Crippen LogP contribution in [0.3, 0.4) is 0 Å². The molecule has 0 bridgehead atoms. The molecule has 0 saturated heterocycles. The van der Waals surface area contributed by atoms with Gasteiger partial charge in [-0.3, -0.25) is 0 Å². The summed E-state index contributed by atoms with van der Waals surface area (Å²) >= 11 is 4.15. The van der Waals surface area contributed by atoms with E-state index in [4.69, 9.17) is 0 Å². The third-order valence-electron chi connectivity index (χ3n) is 1.74. The standard InChI is InChI=1S/C8H3BrF3NS/c9-5-2-1-4(8(10,11)12)7-6(5)13-3-14-7/h1-3H. The lowest BCUT2D eigenvalue weighted by Gasteiger charge is -2.07. The average molecular weight is 282 g/mol. The lowest BCUT2D eigenvalue weighted by atomic mass is 10.2. The summed E-state index contributed by atoms with van der Waals surface area (Å²) in [7, 11) is 0. The van der Waals surface area contributed by atoms with Crippen LogP contribution in [-0.2, 0) is 6.18 Å². The summed E-state index contributed by atoms with van der Waals surface area (Å²) in [6, 6.07) is 2.43. The molecule has 0 aliphatic heterocycles. The molecule has 1 aromatic carbocycles. The highest BCUT2D eigenvalue weighted by molar-refractivity contribution is 9.10. The summed E-state index contributed by atoms with van der Waals surface area (Å²) in [4.78, 5) is 3.86. The molecule has 0 unspecified atom stereocenters. The lowest BCUT2D eigenvalue weighted by molar-refractivity contribution is -0.136. The Bertz CT molecular complexity index is 477. The Kier molecular flexibility index (Phi) is 2.27. The van der Waals surface area contributed by atoms with Gasteiger partial charge in [-0.05, 0) is 28.1 Å². The first kappa shape index (κ1) is 9.92. The average Bonchev–Trinajstić information content (AvgIpc) is 2.50. The highest BCUT2D eigenvalue weighted by Gasteiger charge is 2.33. The summed E-state index contributed by atoms with van der Waals surface area (Å²) in [5.41, 5.74) is 1.15. The third-order valence-corrected chi connectivity index (χ3v) is 3.24. The molecule has 0 radical (unpaired) electrons. The molecule has 0 N–H and O–H groups in total. The molecule has 74 valence electrons. The van der Waals surface area contributed by atoms with Crippen LogP contribution in [0.5, 0.6) is 0 Å². The number of hydrogen-bond donors (Lipinski definition) is 0. The molecule has 0 saturated carbocycles. The van der Waals surface area contributed by atoms with Crippen molar-refractivity contribution in [1.29, 1.82) is 0 Å².